The van der Waals surface area contributed by atoms with Gasteiger partial charge in [-0.15, -0.1) is 0 Å². The van der Waals surface area contributed by atoms with Gasteiger partial charge in [0.2, 0.25) is 5.91 Å². The minimum atomic E-state index is -0.213. The van der Waals surface area contributed by atoms with Crippen molar-refractivity contribution < 1.29 is 14.3 Å². The number of likely N-dealkylation sites (N-methyl/N-ethyl adjacent to an activating group) is 1. The van der Waals surface area contributed by atoms with Crippen LogP contribution in [0.3, 0.4) is 0 Å². The van der Waals surface area contributed by atoms with Crippen molar-refractivity contribution in [2.45, 2.75) is 12.5 Å². The molecule has 0 aromatic heterocycles. The van der Waals surface area contributed by atoms with Gasteiger partial charge in [-0.05, 0) is 37.4 Å². The summed E-state index contributed by atoms with van der Waals surface area (Å²) in [6, 6.07) is 13.5. The molecule has 27 heavy (non-hydrogen) atoms. The van der Waals surface area contributed by atoms with E-state index >= 15 is 0 Å². The number of amides is 1. The van der Waals surface area contributed by atoms with Crippen molar-refractivity contribution in [1.82, 2.24) is 10.2 Å². The van der Waals surface area contributed by atoms with E-state index in [2.05, 4.69) is 16.7 Å². The molecular formula is C21H27N3O3. The maximum Gasteiger partial charge on any atom is 0.233 e. The smallest absolute Gasteiger partial charge is 0.233 e. The van der Waals surface area contributed by atoms with Gasteiger partial charge in [-0.3, -0.25) is 4.79 Å². The normalized spacial score (nSPS) is 15.9. The van der Waals surface area contributed by atoms with E-state index in [1.54, 1.807) is 7.11 Å². The molecule has 3 rings (SSSR count). The topological polar surface area (TPSA) is 62.8 Å². The lowest BCUT2D eigenvalue weighted by Gasteiger charge is -2.25. The number of ether oxygens (including phenoxy) is 2. The third kappa shape index (κ3) is 4.78. The molecular weight excluding hydrogens is 342 g/mol. The summed E-state index contributed by atoms with van der Waals surface area (Å²) >= 11 is 0. The number of benzene rings is 2. The van der Waals surface area contributed by atoms with Crippen LogP contribution < -0.4 is 20.1 Å². The highest BCUT2D eigenvalue weighted by Crippen LogP contribution is 2.31. The summed E-state index contributed by atoms with van der Waals surface area (Å²) < 4.78 is 11.2. The van der Waals surface area contributed by atoms with Gasteiger partial charge < -0.3 is 25.0 Å². The van der Waals surface area contributed by atoms with Crippen LogP contribution in [0, 0.1) is 0 Å². The number of hydrogen-bond donors (Lipinski definition) is 2. The van der Waals surface area contributed by atoms with E-state index in [9.17, 15) is 4.79 Å². The second-order valence-corrected chi connectivity index (χ2v) is 6.89. The summed E-state index contributed by atoms with van der Waals surface area (Å²) in [6.45, 7) is 2.77. The van der Waals surface area contributed by atoms with Crippen LogP contribution in [0.1, 0.15) is 17.0 Å². The van der Waals surface area contributed by atoms with Crippen molar-refractivity contribution in [2.75, 3.05) is 46.2 Å². The Balaban J connectivity index is 1.73. The Morgan fingerprint density at radius 3 is 2.81 bits per heavy atom. The van der Waals surface area contributed by atoms with Crippen LogP contribution in [0.5, 0.6) is 11.5 Å². The monoisotopic (exact) mass is 369 g/mol. The molecule has 0 spiro atoms. The largest absolute Gasteiger partial charge is 0.493 e. The fourth-order valence-corrected chi connectivity index (χ4v) is 3.16. The van der Waals surface area contributed by atoms with Crippen LogP contribution in [0.2, 0.25) is 0 Å². The van der Waals surface area contributed by atoms with E-state index in [1.807, 2.05) is 55.4 Å². The first-order valence-electron chi connectivity index (χ1n) is 9.13. The number of hydrogen-bond acceptors (Lipinski definition) is 5. The summed E-state index contributed by atoms with van der Waals surface area (Å²) in [4.78, 5) is 14.9. The molecule has 144 valence electrons. The lowest BCUT2D eigenvalue weighted by atomic mass is 9.90. The molecule has 1 aliphatic rings. The molecule has 6 heteroatoms. The van der Waals surface area contributed by atoms with Crippen molar-refractivity contribution in [3.8, 4) is 11.5 Å². The van der Waals surface area contributed by atoms with Gasteiger partial charge in [0, 0.05) is 31.4 Å². The SMILES string of the molecule is COc1ccc(NC(=O)C2CNCc3ccccc32)cc1OCCN(C)C. The highest BCUT2D eigenvalue weighted by atomic mass is 16.5. The minimum absolute atomic E-state index is 0.0286. The van der Waals surface area contributed by atoms with Crippen LogP contribution in [-0.4, -0.2) is 51.7 Å². The summed E-state index contributed by atoms with van der Waals surface area (Å²) in [6.07, 6.45) is 0. The summed E-state index contributed by atoms with van der Waals surface area (Å²) in [5, 5.41) is 6.33. The molecule has 1 aliphatic heterocycles. The van der Waals surface area contributed by atoms with Gasteiger partial charge in [0.25, 0.3) is 0 Å². The summed E-state index contributed by atoms with van der Waals surface area (Å²) in [7, 11) is 5.59. The minimum Gasteiger partial charge on any atom is -0.493 e. The Hall–Kier alpha value is -2.57. The summed E-state index contributed by atoms with van der Waals surface area (Å²) in [5.41, 5.74) is 2.96. The molecule has 2 aromatic rings. The second-order valence-electron chi connectivity index (χ2n) is 6.89. The van der Waals surface area contributed by atoms with E-state index in [1.165, 1.54) is 5.56 Å². The number of carbonyl (C=O) groups excluding carboxylic acids is 1. The van der Waals surface area contributed by atoms with Crippen molar-refractivity contribution in [3.63, 3.8) is 0 Å². The number of methoxy groups -OCH3 is 1. The molecule has 0 saturated heterocycles. The standard InChI is InChI=1S/C21H27N3O3/c1-24(2)10-11-27-20-12-16(8-9-19(20)26-3)23-21(25)18-14-22-13-15-6-4-5-7-17(15)18/h4-9,12,18,22H,10-11,13-14H2,1-3H3,(H,23,25). The molecule has 1 unspecified atom stereocenters. The highest BCUT2D eigenvalue weighted by Gasteiger charge is 2.26. The molecule has 1 amide bonds. The van der Waals surface area contributed by atoms with E-state index in [0.29, 0.717) is 30.3 Å². The zero-order valence-electron chi connectivity index (χ0n) is 16.1. The van der Waals surface area contributed by atoms with Crippen molar-refractivity contribution in [1.29, 1.82) is 0 Å². The molecule has 2 aromatic carbocycles. The van der Waals surface area contributed by atoms with E-state index in [4.69, 9.17) is 9.47 Å². The number of nitrogens with one attached hydrogen (secondary N) is 2. The van der Waals surface area contributed by atoms with Gasteiger partial charge in [0.05, 0.1) is 13.0 Å². The van der Waals surface area contributed by atoms with E-state index < -0.39 is 0 Å². The molecule has 0 bridgehead atoms. The van der Waals surface area contributed by atoms with Crippen molar-refractivity contribution in [3.05, 3.63) is 53.6 Å². The Kier molecular flexibility index (Phi) is 6.32. The van der Waals surface area contributed by atoms with Crippen LogP contribution >= 0.6 is 0 Å². The zero-order chi connectivity index (χ0) is 19.2. The quantitative estimate of drug-likeness (QED) is 0.785. The van der Waals surface area contributed by atoms with Crippen molar-refractivity contribution >= 4 is 11.6 Å². The molecule has 6 nitrogen and oxygen atoms in total. The number of anilines is 1. The molecule has 0 saturated carbocycles. The Morgan fingerprint density at radius 1 is 1.22 bits per heavy atom. The van der Waals surface area contributed by atoms with Crippen molar-refractivity contribution in [2.24, 2.45) is 0 Å². The molecule has 1 atom stereocenters. The number of fused-ring (bicyclic) bond motifs is 1. The number of rotatable bonds is 7. The predicted octanol–water partition coefficient (Wildman–Crippen LogP) is 2.46. The van der Waals surface area contributed by atoms with Gasteiger partial charge in [-0.2, -0.15) is 0 Å². The first-order chi connectivity index (χ1) is 13.1. The highest BCUT2D eigenvalue weighted by molar-refractivity contribution is 5.96. The van der Waals surface area contributed by atoms with Crippen LogP contribution in [-0.2, 0) is 11.3 Å². The average Bonchev–Trinajstić information content (AvgIpc) is 2.67. The third-order valence-electron chi connectivity index (χ3n) is 4.64. The van der Waals surface area contributed by atoms with Gasteiger partial charge in [-0.25, -0.2) is 0 Å². The first kappa shape index (κ1) is 19.2. The van der Waals surface area contributed by atoms with Gasteiger partial charge in [-0.1, -0.05) is 24.3 Å². The van der Waals surface area contributed by atoms with E-state index in [0.717, 1.165) is 18.7 Å². The lowest BCUT2D eigenvalue weighted by Crippen LogP contribution is -2.35. The van der Waals surface area contributed by atoms with E-state index in [-0.39, 0.29) is 11.8 Å². The molecule has 2 N–H and O–H groups in total. The predicted molar refractivity (Wildman–Crippen MR) is 107 cm³/mol. The number of carbonyl (C=O) groups is 1. The maximum atomic E-state index is 12.9. The summed E-state index contributed by atoms with van der Waals surface area (Å²) in [5.74, 6) is 1.03. The average molecular weight is 369 g/mol. The third-order valence-corrected chi connectivity index (χ3v) is 4.64. The maximum absolute atomic E-state index is 12.9. The Labute approximate surface area is 160 Å². The van der Waals surface area contributed by atoms with Crippen LogP contribution in [0.15, 0.2) is 42.5 Å². The Bertz CT molecular complexity index is 792. The van der Waals surface area contributed by atoms with Crippen LogP contribution in [0.4, 0.5) is 5.69 Å². The first-order valence-corrected chi connectivity index (χ1v) is 9.13. The van der Waals surface area contributed by atoms with Crippen LogP contribution in [0.25, 0.3) is 0 Å². The molecule has 0 fully saturated rings. The second kappa shape index (κ2) is 8.88. The van der Waals surface area contributed by atoms with Gasteiger partial charge in [0.15, 0.2) is 11.5 Å². The molecule has 0 aliphatic carbocycles. The molecule has 1 heterocycles. The van der Waals surface area contributed by atoms with Gasteiger partial charge >= 0.3 is 0 Å². The fourth-order valence-electron chi connectivity index (χ4n) is 3.16. The molecule has 0 radical (unpaired) electrons. The lowest BCUT2D eigenvalue weighted by molar-refractivity contribution is -0.117. The Morgan fingerprint density at radius 2 is 2.04 bits per heavy atom. The number of nitrogens with zero attached hydrogens (tertiary/aromatic N) is 1. The zero-order valence-corrected chi connectivity index (χ0v) is 16.1. The van der Waals surface area contributed by atoms with Gasteiger partial charge in [0.1, 0.15) is 6.61 Å². The fraction of sp³-hybridized carbons (Fsp3) is 0.381.